The second kappa shape index (κ2) is 6.11. The third kappa shape index (κ3) is 3.85. The van der Waals surface area contributed by atoms with E-state index in [4.69, 9.17) is 14.2 Å². The predicted molar refractivity (Wildman–Crippen MR) is 68.9 cm³/mol. The molecule has 0 unspecified atom stereocenters. The maximum absolute atomic E-state index is 11.9. The normalized spacial score (nSPS) is 21.1. The monoisotopic (exact) mass is 287 g/mol. The molecule has 0 radical (unpaired) electrons. The van der Waals surface area contributed by atoms with Gasteiger partial charge in [-0.3, -0.25) is 4.90 Å². The first-order chi connectivity index (χ1) is 9.22. The minimum atomic E-state index is -0.955. The summed E-state index contributed by atoms with van der Waals surface area (Å²) >= 11 is 0. The van der Waals surface area contributed by atoms with Crippen molar-refractivity contribution in [1.29, 1.82) is 0 Å². The molecule has 7 heteroatoms. The van der Waals surface area contributed by atoms with Crippen LogP contribution >= 0.6 is 0 Å². The summed E-state index contributed by atoms with van der Waals surface area (Å²) < 4.78 is 14.8. The van der Waals surface area contributed by atoms with E-state index in [2.05, 4.69) is 0 Å². The van der Waals surface area contributed by atoms with E-state index in [0.717, 1.165) is 4.90 Å². The highest BCUT2D eigenvalue weighted by Crippen LogP contribution is 2.32. The fraction of sp³-hybridized carbons (Fsp3) is 0.769. The van der Waals surface area contributed by atoms with Crippen LogP contribution in [0.4, 0.5) is 4.79 Å². The van der Waals surface area contributed by atoms with Gasteiger partial charge in [0.2, 0.25) is 0 Å². The van der Waals surface area contributed by atoms with Gasteiger partial charge in [-0.2, -0.15) is 0 Å². The molecule has 0 spiro atoms. The Morgan fingerprint density at radius 3 is 1.65 bits per heavy atom. The van der Waals surface area contributed by atoms with Gasteiger partial charge < -0.3 is 14.2 Å². The van der Waals surface area contributed by atoms with Crippen LogP contribution in [0, 0.1) is 0 Å². The molecule has 1 amide bonds. The van der Waals surface area contributed by atoms with E-state index >= 15 is 0 Å². The van der Waals surface area contributed by atoms with Gasteiger partial charge in [0.15, 0.2) is 12.1 Å². The van der Waals surface area contributed by atoms with Crippen molar-refractivity contribution in [3.8, 4) is 0 Å². The first kappa shape index (κ1) is 16.3. The zero-order chi connectivity index (χ0) is 15.5. The molecule has 7 nitrogen and oxygen atoms in total. The number of ether oxygens (including phenoxy) is 3. The molecule has 114 valence electrons. The average Bonchev–Trinajstić information content (AvgIpc) is 3.02. The van der Waals surface area contributed by atoms with Gasteiger partial charge in [0.05, 0.1) is 13.2 Å². The van der Waals surface area contributed by atoms with Crippen LogP contribution in [-0.2, 0) is 23.8 Å². The van der Waals surface area contributed by atoms with Crippen LogP contribution < -0.4 is 0 Å². The molecular weight excluding hydrogens is 266 g/mol. The lowest BCUT2D eigenvalue weighted by atomic mass is 10.2. The van der Waals surface area contributed by atoms with E-state index in [1.807, 2.05) is 0 Å². The molecule has 20 heavy (non-hydrogen) atoms. The van der Waals surface area contributed by atoms with E-state index in [1.165, 1.54) is 0 Å². The van der Waals surface area contributed by atoms with Gasteiger partial charge >= 0.3 is 18.0 Å². The third-order valence-corrected chi connectivity index (χ3v) is 2.47. The zero-order valence-corrected chi connectivity index (χ0v) is 12.5. The Morgan fingerprint density at radius 2 is 1.35 bits per heavy atom. The Morgan fingerprint density at radius 1 is 0.950 bits per heavy atom. The molecule has 0 aliphatic carbocycles. The summed E-state index contributed by atoms with van der Waals surface area (Å²) in [5, 5.41) is 0. The minimum absolute atomic E-state index is 0.174. The van der Waals surface area contributed by atoms with Crippen LogP contribution in [0.25, 0.3) is 0 Å². The van der Waals surface area contributed by atoms with Gasteiger partial charge in [0, 0.05) is 0 Å². The Hall–Kier alpha value is -1.79. The van der Waals surface area contributed by atoms with Gasteiger partial charge in [-0.25, -0.2) is 14.4 Å². The quantitative estimate of drug-likeness (QED) is 0.437. The summed E-state index contributed by atoms with van der Waals surface area (Å²) in [5.74, 6) is -1.26. The number of hydrogen-bond donors (Lipinski definition) is 0. The van der Waals surface area contributed by atoms with Crippen molar-refractivity contribution in [2.75, 3.05) is 13.2 Å². The lowest BCUT2D eigenvalue weighted by molar-refractivity contribution is -0.147. The Bertz CT molecular complexity index is 376. The van der Waals surface area contributed by atoms with Crippen LogP contribution in [0.1, 0.15) is 34.6 Å². The predicted octanol–water partition coefficient (Wildman–Crippen LogP) is 1.10. The van der Waals surface area contributed by atoms with Crippen molar-refractivity contribution >= 4 is 18.0 Å². The molecule has 0 N–H and O–H groups in total. The van der Waals surface area contributed by atoms with Crippen LogP contribution in [0.15, 0.2) is 0 Å². The average molecular weight is 287 g/mol. The molecule has 0 saturated carbocycles. The Balaban J connectivity index is 2.78. The fourth-order valence-corrected chi connectivity index (χ4v) is 1.71. The van der Waals surface area contributed by atoms with Crippen LogP contribution in [-0.4, -0.2) is 53.8 Å². The summed E-state index contributed by atoms with van der Waals surface area (Å²) in [4.78, 5) is 36.4. The number of nitrogens with zero attached hydrogens (tertiary/aromatic N) is 1. The first-order valence-electron chi connectivity index (χ1n) is 6.57. The van der Waals surface area contributed by atoms with E-state index < -0.39 is 35.7 Å². The van der Waals surface area contributed by atoms with Gasteiger partial charge in [-0.1, -0.05) is 0 Å². The topological polar surface area (TPSA) is 81.9 Å². The number of rotatable bonds is 4. The number of amides is 1. The second-order valence-corrected chi connectivity index (χ2v) is 5.28. The van der Waals surface area contributed by atoms with Crippen LogP contribution in [0.5, 0.6) is 0 Å². The van der Waals surface area contributed by atoms with E-state index in [1.54, 1.807) is 34.6 Å². The molecule has 1 rings (SSSR count). The minimum Gasteiger partial charge on any atom is -0.464 e. The van der Waals surface area contributed by atoms with Crippen LogP contribution in [0.2, 0.25) is 0 Å². The largest absolute Gasteiger partial charge is 0.464 e. The first-order valence-corrected chi connectivity index (χ1v) is 6.57. The van der Waals surface area contributed by atoms with Crippen molar-refractivity contribution < 1.29 is 28.6 Å². The number of carbonyl (C=O) groups is 3. The summed E-state index contributed by atoms with van der Waals surface area (Å²) in [6.07, 6.45) is -0.728. The molecule has 1 fully saturated rings. The van der Waals surface area contributed by atoms with Crippen molar-refractivity contribution in [3.63, 3.8) is 0 Å². The third-order valence-electron chi connectivity index (χ3n) is 2.47. The molecule has 1 saturated heterocycles. The Kier molecular flexibility index (Phi) is 4.97. The molecule has 1 aliphatic rings. The molecule has 2 atom stereocenters. The highest BCUT2D eigenvalue weighted by Gasteiger charge is 2.63. The molecule has 0 aromatic carbocycles. The number of hydrogen-bond acceptors (Lipinski definition) is 6. The molecule has 0 aromatic heterocycles. The lowest BCUT2D eigenvalue weighted by Crippen LogP contribution is -2.30. The molecule has 0 bridgehead atoms. The smallest absolute Gasteiger partial charge is 0.411 e. The van der Waals surface area contributed by atoms with E-state index in [9.17, 15) is 14.4 Å². The van der Waals surface area contributed by atoms with Crippen LogP contribution in [0.3, 0.4) is 0 Å². The molecular formula is C13H21NO6. The van der Waals surface area contributed by atoms with Gasteiger partial charge in [0.1, 0.15) is 5.60 Å². The molecule has 0 aromatic rings. The summed E-state index contributed by atoms with van der Waals surface area (Å²) in [5.41, 5.74) is -0.710. The summed E-state index contributed by atoms with van der Waals surface area (Å²) in [6, 6.07) is -1.91. The van der Waals surface area contributed by atoms with E-state index in [0.29, 0.717) is 0 Å². The van der Waals surface area contributed by atoms with Crippen molar-refractivity contribution in [1.82, 2.24) is 4.90 Å². The van der Waals surface area contributed by atoms with Crippen molar-refractivity contribution in [2.24, 2.45) is 0 Å². The van der Waals surface area contributed by atoms with Gasteiger partial charge in [0.25, 0.3) is 0 Å². The zero-order valence-electron chi connectivity index (χ0n) is 12.5. The van der Waals surface area contributed by atoms with Gasteiger partial charge in [-0.05, 0) is 34.6 Å². The van der Waals surface area contributed by atoms with Gasteiger partial charge in [-0.15, -0.1) is 0 Å². The molecule has 1 heterocycles. The highest BCUT2D eigenvalue weighted by atomic mass is 16.6. The number of esters is 2. The maximum Gasteiger partial charge on any atom is 0.411 e. The maximum atomic E-state index is 11.9. The van der Waals surface area contributed by atoms with Crippen molar-refractivity contribution in [3.05, 3.63) is 0 Å². The highest BCUT2D eigenvalue weighted by molar-refractivity contribution is 5.99. The van der Waals surface area contributed by atoms with E-state index in [-0.39, 0.29) is 13.2 Å². The fourth-order valence-electron chi connectivity index (χ4n) is 1.71. The lowest BCUT2D eigenvalue weighted by Gasteiger charge is -2.20. The number of carbonyl (C=O) groups excluding carboxylic acids is 3. The van der Waals surface area contributed by atoms with Crippen molar-refractivity contribution in [2.45, 2.75) is 52.3 Å². The standard InChI is InChI=1S/C13H21NO6/c1-6-18-10(15)8-9(11(16)19-7-2)14(8)12(17)20-13(3,4)5/h8-9H,6-7H2,1-5H3/t8-,9-/m0/s1. The SMILES string of the molecule is CCOC(=O)[C@@H]1[C@@H](C(=O)OCC)N1C(=O)OC(C)(C)C. The Labute approximate surface area is 118 Å². The molecule has 1 aliphatic heterocycles. The summed E-state index contributed by atoms with van der Waals surface area (Å²) in [6.45, 7) is 8.75. The second-order valence-electron chi connectivity index (χ2n) is 5.28. The summed E-state index contributed by atoms with van der Waals surface area (Å²) in [7, 11) is 0.